The normalized spacial score (nSPS) is 38.4. The van der Waals surface area contributed by atoms with E-state index in [1.807, 2.05) is 10.9 Å². The number of allylic oxidation sites excluding steroid dienone is 2. The van der Waals surface area contributed by atoms with Crippen molar-refractivity contribution >= 4 is 5.71 Å². The maximum atomic E-state index is 5.73. The Bertz CT molecular complexity index is 935. The Morgan fingerprint density at radius 1 is 1.12 bits per heavy atom. The molecule has 188 valence electrons. The molecule has 0 spiro atoms. The third kappa shape index (κ3) is 4.36. The molecule has 1 aromatic rings. The van der Waals surface area contributed by atoms with Gasteiger partial charge >= 0.3 is 0 Å². The standard InChI is InChI=1S/C28H45N5O/c1-20-6-9-25-24-8-7-21-18-22(10-13-28(21,3)26(24)11-14-27(20,25)2)30-34-17-16-33-19-23(29-31-33)12-15-32(4)5/h18-20,24-26H,6-17H2,1-5H3/t20-,24?,25?,26?,27+,28-/m0/s1. The van der Waals surface area contributed by atoms with E-state index in [9.17, 15) is 0 Å². The molecule has 34 heavy (non-hydrogen) atoms. The van der Waals surface area contributed by atoms with Crippen LogP contribution in [0.4, 0.5) is 0 Å². The van der Waals surface area contributed by atoms with Crippen molar-refractivity contribution < 1.29 is 4.84 Å². The van der Waals surface area contributed by atoms with Crippen LogP contribution in [0.25, 0.3) is 0 Å². The van der Waals surface area contributed by atoms with Gasteiger partial charge in [0.1, 0.15) is 6.61 Å². The summed E-state index contributed by atoms with van der Waals surface area (Å²) in [5.41, 5.74) is 4.79. The summed E-state index contributed by atoms with van der Waals surface area (Å²) in [7, 11) is 4.15. The lowest BCUT2D eigenvalue weighted by molar-refractivity contribution is -0.0465. The number of fused-ring (bicyclic) bond motifs is 5. The highest BCUT2D eigenvalue weighted by atomic mass is 16.6. The molecule has 3 fully saturated rings. The van der Waals surface area contributed by atoms with Gasteiger partial charge in [0.05, 0.1) is 18.0 Å². The zero-order chi connectivity index (χ0) is 23.9. The molecule has 6 nitrogen and oxygen atoms in total. The van der Waals surface area contributed by atoms with Gasteiger partial charge in [-0.1, -0.05) is 36.7 Å². The fraction of sp³-hybridized carbons (Fsp3) is 0.821. The second kappa shape index (κ2) is 9.40. The molecule has 3 saturated carbocycles. The van der Waals surface area contributed by atoms with E-state index in [0.29, 0.717) is 24.0 Å². The van der Waals surface area contributed by atoms with Gasteiger partial charge < -0.3 is 9.74 Å². The molecule has 1 aromatic heterocycles. The van der Waals surface area contributed by atoms with Crippen molar-refractivity contribution in [1.29, 1.82) is 0 Å². The second-order valence-corrected chi connectivity index (χ2v) is 12.5. The zero-order valence-electron chi connectivity index (χ0n) is 22.1. The van der Waals surface area contributed by atoms with E-state index in [-0.39, 0.29) is 0 Å². The summed E-state index contributed by atoms with van der Waals surface area (Å²) in [5.74, 6) is 3.67. The number of aromatic nitrogens is 3. The molecule has 0 aliphatic heterocycles. The van der Waals surface area contributed by atoms with E-state index < -0.39 is 0 Å². The summed E-state index contributed by atoms with van der Waals surface area (Å²) in [6, 6.07) is 0. The predicted molar refractivity (Wildman–Crippen MR) is 137 cm³/mol. The zero-order valence-corrected chi connectivity index (χ0v) is 22.1. The third-order valence-electron chi connectivity index (χ3n) is 10.4. The second-order valence-electron chi connectivity index (χ2n) is 12.5. The molecular weight excluding hydrogens is 422 g/mol. The highest BCUT2D eigenvalue weighted by molar-refractivity contribution is 5.96. The van der Waals surface area contributed by atoms with E-state index >= 15 is 0 Å². The lowest BCUT2D eigenvalue weighted by Gasteiger charge is -2.58. The van der Waals surface area contributed by atoms with E-state index in [1.165, 1.54) is 44.9 Å². The van der Waals surface area contributed by atoms with Crippen molar-refractivity contribution in [3.63, 3.8) is 0 Å². The van der Waals surface area contributed by atoms with Crippen molar-refractivity contribution in [3.05, 3.63) is 23.5 Å². The van der Waals surface area contributed by atoms with Gasteiger partial charge in [-0.25, -0.2) is 4.68 Å². The van der Waals surface area contributed by atoms with Crippen LogP contribution in [0.3, 0.4) is 0 Å². The summed E-state index contributed by atoms with van der Waals surface area (Å²) in [6.45, 7) is 9.91. The summed E-state index contributed by atoms with van der Waals surface area (Å²) >= 11 is 0. The third-order valence-corrected chi connectivity index (χ3v) is 10.4. The molecule has 0 amide bonds. The van der Waals surface area contributed by atoms with Crippen LogP contribution in [0.15, 0.2) is 23.0 Å². The van der Waals surface area contributed by atoms with E-state index in [0.717, 1.165) is 54.5 Å². The lowest BCUT2D eigenvalue weighted by Crippen LogP contribution is -2.50. The molecule has 6 atom stereocenters. The Labute approximate surface area is 206 Å². The van der Waals surface area contributed by atoms with Gasteiger partial charge in [0.15, 0.2) is 0 Å². The van der Waals surface area contributed by atoms with Crippen molar-refractivity contribution in [2.75, 3.05) is 27.2 Å². The SMILES string of the molecule is C[C@H]1CCC2C3CCC4=CC(=NOCCn5cc(CCN(C)C)nn5)CC[C@]4(C)C3CC[C@@]21C. The summed E-state index contributed by atoms with van der Waals surface area (Å²) in [4.78, 5) is 7.89. The van der Waals surface area contributed by atoms with Crippen molar-refractivity contribution in [1.82, 2.24) is 19.9 Å². The molecule has 6 heteroatoms. The Kier molecular flexibility index (Phi) is 6.64. The van der Waals surface area contributed by atoms with E-state index in [4.69, 9.17) is 4.84 Å². The lowest BCUT2D eigenvalue weighted by atomic mass is 9.47. The van der Waals surface area contributed by atoms with Gasteiger partial charge in [-0.15, -0.1) is 5.10 Å². The molecule has 0 bridgehead atoms. The molecule has 4 aliphatic carbocycles. The number of hydrogen-bond donors (Lipinski definition) is 0. The van der Waals surface area contributed by atoms with Gasteiger partial charge in [0, 0.05) is 19.2 Å². The van der Waals surface area contributed by atoms with Gasteiger partial charge in [0.25, 0.3) is 0 Å². The first-order valence-electron chi connectivity index (χ1n) is 13.7. The number of hydrogen-bond acceptors (Lipinski definition) is 5. The number of rotatable bonds is 7. The summed E-state index contributed by atoms with van der Waals surface area (Å²) < 4.78 is 1.86. The Morgan fingerprint density at radius 2 is 1.97 bits per heavy atom. The summed E-state index contributed by atoms with van der Waals surface area (Å²) in [5, 5.41) is 13.0. The average molecular weight is 468 g/mol. The predicted octanol–water partition coefficient (Wildman–Crippen LogP) is 5.35. The molecule has 0 saturated heterocycles. The molecule has 0 aromatic carbocycles. The number of oxime groups is 1. The van der Waals surface area contributed by atoms with Crippen LogP contribution in [0.2, 0.25) is 0 Å². The van der Waals surface area contributed by atoms with Crippen LogP contribution < -0.4 is 0 Å². The smallest absolute Gasteiger partial charge is 0.136 e. The minimum Gasteiger partial charge on any atom is -0.394 e. The highest BCUT2D eigenvalue weighted by Gasteiger charge is 2.57. The molecule has 1 heterocycles. The van der Waals surface area contributed by atoms with Crippen molar-refractivity contribution in [2.45, 2.75) is 85.1 Å². The number of likely N-dealkylation sites (N-methyl/N-ethyl adjacent to an activating group) is 1. The minimum absolute atomic E-state index is 0.374. The molecule has 5 rings (SSSR count). The van der Waals surface area contributed by atoms with Crippen LogP contribution in [-0.2, 0) is 17.8 Å². The molecule has 3 unspecified atom stereocenters. The summed E-state index contributed by atoms with van der Waals surface area (Å²) in [6.07, 6.45) is 16.0. The first-order chi connectivity index (χ1) is 16.3. The maximum absolute atomic E-state index is 5.73. The highest BCUT2D eigenvalue weighted by Crippen LogP contribution is 2.66. The van der Waals surface area contributed by atoms with Gasteiger partial charge in [-0.05, 0) is 106 Å². The minimum atomic E-state index is 0.374. The number of nitrogens with zero attached hydrogens (tertiary/aromatic N) is 5. The van der Waals surface area contributed by atoms with Crippen LogP contribution in [0.1, 0.15) is 77.8 Å². The first kappa shape index (κ1) is 24.0. The van der Waals surface area contributed by atoms with Crippen LogP contribution in [0, 0.1) is 34.5 Å². The van der Waals surface area contributed by atoms with E-state index in [1.54, 1.807) is 5.57 Å². The van der Waals surface area contributed by atoms with Gasteiger partial charge in [-0.3, -0.25) is 0 Å². The first-order valence-corrected chi connectivity index (χ1v) is 13.7. The largest absolute Gasteiger partial charge is 0.394 e. The van der Waals surface area contributed by atoms with Crippen LogP contribution >= 0.6 is 0 Å². The molecule has 0 radical (unpaired) electrons. The molecule has 0 N–H and O–H groups in total. The fourth-order valence-corrected chi connectivity index (χ4v) is 8.07. The van der Waals surface area contributed by atoms with Gasteiger partial charge in [-0.2, -0.15) is 0 Å². The topological polar surface area (TPSA) is 55.5 Å². The molecular formula is C28H45N5O. The van der Waals surface area contributed by atoms with E-state index in [2.05, 4.69) is 61.3 Å². The Balaban J connectivity index is 1.17. The van der Waals surface area contributed by atoms with Crippen molar-refractivity contribution in [2.24, 2.45) is 39.7 Å². The average Bonchev–Trinajstić information content (AvgIpc) is 3.39. The Morgan fingerprint density at radius 3 is 2.79 bits per heavy atom. The maximum Gasteiger partial charge on any atom is 0.136 e. The Hall–Kier alpha value is -1.69. The molecule has 4 aliphatic rings. The monoisotopic (exact) mass is 467 g/mol. The van der Waals surface area contributed by atoms with Crippen molar-refractivity contribution in [3.8, 4) is 0 Å². The van der Waals surface area contributed by atoms with Crippen LogP contribution in [0.5, 0.6) is 0 Å². The van der Waals surface area contributed by atoms with Gasteiger partial charge in [0.2, 0.25) is 0 Å². The fourth-order valence-electron chi connectivity index (χ4n) is 8.07. The quantitative estimate of drug-likeness (QED) is 0.400. The van der Waals surface area contributed by atoms with Crippen LogP contribution in [-0.4, -0.2) is 52.9 Å².